The first-order valence-corrected chi connectivity index (χ1v) is 8.52. The number of hydrogen-bond donors (Lipinski definition) is 1. The maximum atomic E-state index is 12.5. The molecule has 3 rings (SSSR count). The van der Waals surface area contributed by atoms with Gasteiger partial charge in [0.1, 0.15) is 0 Å². The third-order valence-corrected chi connectivity index (χ3v) is 5.53. The first-order chi connectivity index (χ1) is 11.4. The molecule has 0 unspecified atom stereocenters. The lowest BCUT2D eigenvalue weighted by Gasteiger charge is -2.16. The molecule has 0 saturated carbocycles. The van der Waals surface area contributed by atoms with E-state index < -0.39 is 11.9 Å². The van der Waals surface area contributed by atoms with Gasteiger partial charge in [0.15, 0.2) is 0 Å². The zero-order valence-corrected chi connectivity index (χ0v) is 15.1. The Kier molecular flexibility index (Phi) is 4.45. The van der Waals surface area contributed by atoms with Crippen molar-refractivity contribution >= 4 is 27.8 Å². The highest BCUT2D eigenvalue weighted by molar-refractivity contribution is 9.10. The number of rotatable bonds is 3. The second-order valence-corrected chi connectivity index (χ2v) is 6.81. The first kappa shape index (κ1) is 16.7. The van der Waals surface area contributed by atoms with Crippen LogP contribution in [0.15, 0.2) is 28.7 Å². The molecule has 24 heavy (non-hydrogen) atoms. The van der Waals surface area contributed by atoms with Crippen LogP contribution in [-0.4, -0.2) is 44.8 Å². The summed E-state index contributed by atoms with van der Waals surface area (Å²) < 4.78 is 2.80. The third kappa shape index (κ3) is 2.96. The minimum atomic E-state index is -0.837. The maximum Gasteiger partial charge on any atom is 0.308 e. The van der Waals surface area contributed by atoms with Gasteiger partial charge in [0, 0.05) is 18.7 Å². The molecular weight excluding hydrogens is 374 g/mol. The Hall–Kier alpha value is -2.15. The Bertz CT molecular complexity index is 798. The number of amides is 1. The van der Waals surface area contributed by atoms with Gasteiger partial charge in [0.25, 0.3) is 5.91 Å². The third-order valence-electron chi connectivity index (χ3n) is 4.39. The predicted octanol–water partition coefficient (Wildman–Crippen LogP) is 2.80. The second-order valence-electron chi connectivity index (χ2n) is 6.02. The van der Waals surface area contributed by atoms with E-state index in [4.69, 9.17) is 5.11 Å². The fourth-order valence-electron chi connectivity index (χ4n) is 2.95. The van der Waals surface area contributed by atoms with Crippen molar-refractivity contribution in [3.8, 4) is 5.69 Å². The summed E-state index contributed by atoms with van der Waals surface area (Å²) in [6, 6.07) is 7.22. The van der Waals surface area contributed by atoms with E-state index in [1.54, 1.807) is 17.0 Å². The van der Waals surface area contributed by atoms with Crippen molar-refractivity contribution in [1.29, 1.82) is 0 Å². The van der Waals surface area contributed by atoms with Crippen molar-refractivity contribution in [1.82, 2.24) is 14.7 Å². The molecule has 0 radical (unpaired) electrons. The van der Waals surface area contributed by atoms with Crippen molar-refractivity contribution in [2.75, 3.05) is 13.1 Å². The lowest BCUT2D eigenvalue weighted by Crippen LogP contribution is -2.29. The topological polar surface area (TPSA) is 75.4 Å². The zero-order valence-electron chi connectivity index (χ0n) is 13.5. The van der Waals surface area contributed by atoms with Crippen LogP contribution >= 0.6 is 15.9 Å². The molecule has 0 spiro atoms. The van der Waals surface area contributed by atoms with E-state index in [1.165, 1.54) is 0 Å². The van der Waals surface area contributed by atoms with E-state index in [2.05, 4.69) is 21.0 Å². The monoisotopic (exact) mass is 391 g/mol. The summed E-state index contributed by atoms with van der Waals surface area (Å²) in [5, 5.41) is 13.5. The van der Waals surface area contributed by atoms with E-state index in [0.29, 0.717) is 18.5 Å². The van der Waals surface area contributed by atoms with Crippen LogP contribution in [0.3, 0.4) is 0 Å². The van der Waals surface area contributed by atoms with E-state index in [-0.39, 0.29) is 12.5 Å². The Morgan fingerprint density at radius 3 is 2.42 bits per heavy atom. The molecular formula is C17H18BrN3O3. The molecule has 126 valence electrons. The maximum absolute atomic E-state index is 12.5. The summed E-state index contributed by atoms with van der Waals surface area (Å²) in [6.45, 7) is 4.67. The Labute approximate surface area is 148 Å². The minimum absolute atomic E-state index is 0.125. The van der Waals surface area contributed by atoms with Crippen molar-refractivity contribution in [2.45, 2.75) is 20.3 Å². The summed E-state index contributed by atoms with van der Waals surface area (Å²) >= 11 is 3.50. The van der Waals surface area contributed by atoms with Gasteiger partial charge in [-0.05, 0) is 60.5 Å². The average Bonchev–Trinajstić information content (AvgIpc) is 3.16. The standard InChI is InChI=1S/C17H18BrN3O3/c1-10-15(18)11(2)21(19-10)14-5-3-12(4-6-14)16(22)20-8-7-13(9-20)17(23)24/h3-6,13H,7-9H2,1-2H3,(H,23,24)/t13-/m0/s1. The van der Waals surface area contributed by atoms with Crippen LogP contribution in [0.5, 0.6) is 0 Å². The van der Waals surface area contributed by atoms with Gasteiger partial charge in [-0.25, -0.2) is 4.68 Å². The van der Waals surface area contributed by atoms with Crippen molar-refractivity contribution < 1.29 is 14.7 Å². The molecule has 0 bridgehead atoms. The molecule has 2 heterocycles. The smallest absolute Gasteiger partial charge is 0.308 e. The van der Waals surface area contributed by atoms with Crippen LogP contribution in [0, 0.1) is 19.8 Å². The van der Waals surface area contributed by atoms with Crippen molar-refractivity contribution in [2.24, 2.45) is 5.92 Å². The summed E-state index contributed by atoms with van der Waals surface area (Å²) in [4.78, 5) is 25.1. The lowest BCUT2D eigenvalue weighted by molar-refractivity contribution is -0.141. The molecule has 6 nitrogen and oxygen atoms in total. The van der Waals surface area contributed by atoms with Crippen LogP contribution in [-0.2, 0) is 4.79 Å². The van der Waals surface area contributed by atoms with Gasteiger partial charge in [0.2, 0.25) is 0 Å². The highest BCUT2D eigenvalue weighted by atomic mass is 79.9. The summed E-state index contributed by atoms with van der Waals surface area (Å²) in [5.41, 5.74) is 3.34. The highest BCUT2D eigenvalue weighted by Crippen LogP contribution is 2.24. The van der Waals surface area contributed by atoms with Crippen molar-refractivity contribution in [3.05, 3.63) is 45.7 Å². The number of likely N-dealkylation sites (tertiary alicyclic amines) is 1. The molecule has 0 aliphatic carbocycles. The fourth-order valence-corrected chi connectivity index (χ4v) is 3.20. The van der Waals surface area contributed by atoms with Gasteiger partial charge in [-0.2, -0.15) is 5.10 Å². The van der Waals surface area contributed by atoms with Gasteiger partial charge in [-0.1, -0.05) is 0 Å². The van der Waals surface area contributed by atoms with Crippen molar-refractivity contribution in [3.63, 3.8) is 0 Å². The number of aromatic nitrogens is 2. The van der Waals surface area contributed by atoms with Gasteiger partial charge in [-0.15, -0.1) is 0 Å². The number of hydrogen-bond acceptors (Lipinski definition) is 3. The normalized spacial score (nSPS) is 17.3. The minimum Gasteiger partial charge on any atom is -0.481 e. The Balaban J connectivity index is 1.78. The number of carbonyl (C=O) groups is 2. The highest BCUT2D eigenvalue weighted by Gasteiger charge is 2.31. The Morgan fingerprint density at radius 1 is 1.25 bits per heavy atom. The number of aryl methyl sites for hydroxylation is 1. The average molecular weight is 392 g/mol. The van der Waals surface area contributed by atoms with Crippen LogP contribution in [0.1, 0.15) is 28.2 Å². The number of halogens is 1. The van der Waals surface area contributed by atoms with Crippen LogP contribution in [0.2, 0.25) is 0 Å². The number of benzene rings is 1. The number of carboxylic acid groups (broad SMARTS) is 1. The summed E-state index contributed by atoms with van der Waals surface area (Å²) in [7, 11) is 0. The summed E-state index contributed by atoms with van der Waals surface area (Å²) in [5.74, 6) is -1.42. The second kappa shape index (κ2) is 6.39. The predicted molar refractivity (Wildman–Crippen MR) is 92.4 cm³/mol. The van der Waals surface area contributed by atoms with Crippen LogP contribution < -0.4 is 0 Å². The SMILES string of the molecule is Cc1nn(-c2ccc(C(=O)N3CC[C@H](C(=O)O)C3)cc2)c(C)c1Br. The molecule has 1 aliphatic rings. The van der Waals surface area contributed by atoms with E-state index in [0.717, 1.165) is 21.5 Å². The molecule has 1 aromatic carbocycles. The number of aliphatic carboxylic acids is 1. The molecule has 7 heteroatoms. The number of carbonyl (C=O) groups excluding carboxylic acids is 1. The molecule has 1 saturated heterocycles. The van der Waals surface area contributed by atoms with Gasteiger partial charge in [0.05, 0.1) is 27.5 Å². The molecule has 1 fully saturated rings. The zero-order chi connectivity index (χ0) is 17.4. The van der Waals surface area contributed by atoms with Gasteiger partial charge in [-0.3, -0.25) is 9.59 Å². The van der Waals surface area contributed by atoms with Gasteiger partial charge >= 0.3 is 5.97 Å². The molecule has 1 N–H and O–H groups in total. The number of nitrogens with zero attached hydrogens (tertiary/aromatic N) is 3. The summed E-state index contributed by atoms with van der Waals surface area (Å²) in [6.07, 6.45) is 0.513. The van der Waals surface area contributed by atoms with E-state index >= 15 is 0 Å². The molecule has 1 atom stereocenters. The number of carboxylic acids is 1. The Morgan fingerprint density at radius 2 is 1.92 bits per heavy atom. The first-order valence-electron chi connectivity index (χ1n) is 7.72. The molecule has 1 aliphatic heterocycles. The van der Waals surface area contributed by atoms with Crippen LogP contribution in [0.4, 0.5) is 0 Å². The quantitative estimate of drug-likeness (QED) is 0.872. The van der Waals surface area contributed by atoms with E-state index in [9.17, 15) is 9.59 Å². The van der Waals surface area contributed by atoms with E-state index in [1.807, 2.05) is 30.7 Å². The largest absolute Gasteiger partial charge is 0.481 e. The lowest BCUT2D eigenvalue weighted by atomic mass is 10.1. The fraction of sp³-hybridized carbons (Fsp3) is 0.353. The van der Waals surface area contributed by atoms with Crippen LogP contribution in [0.25, 0.3) is 5.69 Å². The molecule has 1 aromatic heterocycles. The molecule has 1 amide bonds. The van der Waals surface area contributed by atoms with Gasteiger partial charge < -0.3 is 10.0 Å². The molecule has 2 aromatic rings.